The maximum absolute atomic E-state index is 12.0. The third-order valence-electron chi connectivity index (χ3n) is 3.97. The molecule has 3 rings (SSSR count). The van der Waals surface area contributed by atoms with E-state index in [1.807, 2.05) is 9.58 Å². The number of carbonyl (C=O) groups is 1. The summed E-state index contributed by atoms with van der Waals surface area (Å²) in [5.74, 6) is 0.746. The Labute approximate surface area is 124 Å². The molecular weight excluding hydrogens is 272 g/mol. The van der Waals surface area contributed by atoms with E-state index >= 15 is 0 Å². The van der Waals surface area contributed by atoms with Gasteiger partial charge in [0.15, 0.2) is 0 Å². The summed E-state index contributed by atoms with van der Waals surface area (Å²) in [6, 6.07) is 0. The van der Waals surface area contributed by atoms with Crippen molar-refractivity contribution in [1.29, 1.82) is 0 Å². The Hall–Kier alpha value is -1.47. The second-order valence-electron chi connectivity index (χ2n) is 5.77. The van der Waals surface area contributed by atoms with Gasteiger partial charge in [0.05, 0.1) is 18.8 Å². The molecule has 0 atom stereocenters. The van der Waals surface area contributed by atoms with Crippen LogP contribution in [0.1, 0.15) is 30.7 Å². The van der Waals surface area contributed by atoms with Crippen LogP contribution in [0.5, 0.6) is 0 Å². The highest BCUT2D eigenvalue weighted by Crippen LogP contribution is 2.29. The summed E-state index contributed by atoms with van der Waals surface area (Å²) in [4.78, 5) is 13.8. The number of methoxy groups -OCH3 is 1. The van der Waals surface area contributed by atoms with E-state index in [-0.39, 0.29) is 12.5 Å². The van der Waals surface area contributed by atoms with Crippen LogP contribution in [0.2, 0.25) is 0 Å². The summed E-state index contributed by atoms with van der Waals surface area (Å²) in [6.45, 7) is 3.47. The first kappa shape index (κ1) is 14.5. The van der Waals surface area contributed by atoms with Crippen LogP contribution in [0, 0.1) is 5.92 Å². The van der Waals surface area contributed by atoms with Gasteiger partial charge in [-0.15, -0.1) is 5.10 Å². The molecule has 0 spiro atoms. The van der Waals surface area contributed by atoms with Gasteiger partial charge in [-0.1, -0.05) is 5.21 Å². The zero-order valence-electron chi connectivity index (χ0n) is 12.5. The van der Waals surface area contributed by atoms with Crippen molar-refractivity contribution in [2.24, 2.45) is 5.92 Å². The predicted octanol–water partition coefficient (Wildman–Crippen LogP) is 0.583. The topological polar surface area (TPSA) is 69.5 Å². The molecule has 21 heavy (non-hydrogen) atoms. The molecule has 2 heterocycles. The lowest BCUT2D eigenvalue weighted by molar-refractivity contribution is -0.135. The third-order valence-corrected chi connectivity index (χ3v) is 3.97. The zero-order valence-corrected chi connectivity index (χ0v) is 12.5. The quantitative estimate of drug-likeness (QED) is 0.768. The summed E-state index contributed by atoms with van der Waals surface area (Å²) in [5, 5.41) is 8.40. The monoisotopic (exact) mass is 294 g/mol. The lowest BCUT2D eigenvalue weighted by Gasteiger charge is -2.19. The van der Waals surface area contributed by atoms with Crippen molar-refractivity contribution < 1.29 is 14.3 Å². The molecule has 0 aromatic carbocycles. The first-order valence-electron chi connectivity index (χ1n) is 7.53. The minimum atomic E-state index is 0.0111. The highest BCUT2D eigenvalue weighted by atomic mass is 16.5. The fraction of sp³-hybridized carbons (Fsp3) is 0.786. The second kappa shape index (κ2) is 6.53. The van der Waals surface area contributed by atoms with Gasteiger partial charge in [-0.25, -0.2) is 4.68 Å². The van der Waals surface area contributed by atoms with Crippen LogP contribution < -0.4 is 0 Å². The molecule has 2 aliphatic rings. The average Bonchev–Trinajstić information content (AvgIpc) is 3.25. The van der Waals surface area contributed by atoms with E-state index in [0.29, 0.717) is 13.2 Å². The minimum Gasteiger partial charge on any atom is -0.375 e. The van der Waals surface area contributed by atoms with Crippen molar-refractivity contribution in [1.82, 2.24) is 19.9 Å². The van der Waals surface area contributed by atoms with E-state index < -0.39 is 0 Å². The maximum Gasteiger partial charge on any atom is 0.248 e. The first-order chi connectivity index (χ1) is 10.3. The van der Waals surface area contributed by atoms with Crippen molar-refractivity contribution >= 4 is 5.91 Å². The number of ether oxygens (including phenoxy) is 2. The van der Waals surface area contributed by atoms with Gasteiger partial charge in [0, 0.05) is 26.8 Å². The van der Waals surface area contributed by atoms with Gasteiger partial charge in [-0.3, -0.25) is 4.79 Å². The number of carbonyl (C=O) groups excluding carboxylic acids is 1. The Morgan fingerprint density at radius 1 is 1.38 bits per heavy atom. The van der Waals surface area contributed by atoms with Crippen LogP contribution in [-0.2, 0) is 34.0 Å². The number of amides is 1. The maximum atomic E-state index is 12.0. The second-order valence-corrected chi connectivity index (χ2v) is 5.77. The van der Waals surface area contributed by atoms with Crippen LogP contribution in [0.4, 0.5) is 0 Å². The summed E-state index contributed by atoms with van der Waals surface area (Å²) < 4.78 is 12.5. The molecule has 0 radical (unpaired) electrons. The van der Waals surface area contributed by atoms with Crippen molar-refractivity contribution in [3.05, 3.63) is 11.4 Å². The van der Waals surface area contributed by atoms with Crippen LogP contribution in [0.3, 0.4) is 0 Å². The van der Waals surface area contributed by atoms with Crippen LogP contribution in [0.15, 0.2) is 0 Å². The van der Waals surface area contributed by atoms with Gasteiger partial charge in [-0.05, 0) is 25.2 Å². The number of fused-ring (bicyclic) bond motifs is 1. The molecule has 0 unspecified atom stereocenters. The van der Waals surface area contributed by atoms with E-state index in [0.717, 1.165) is 43.4 Å². The Morgan fingerprint density at radius 2 is 2.24 bits per heavy atom. The van der Waals surface area contributed by atoms with Gasteiger partial charge >= 0.3 is 0 Å². The Balaban J connectivity index is 1.65. The molecule has 7 nitrogen and oxygen atoms in total. The lowest BCUT2D eigenvalue weighted by Crippen LogP contribution is -2.33. The number of aryl methyl sites for hydroxylation is 1. The number of rotatable bonds is 6. The van der Waals surface area contributed by atoms with E-state index in [9.17, 15) is 4.79 Å². The SMILES string of the molecule is COCC(=O)N1CCCn2nnc(COCC3CC3)c2C1. The van der Waals surface area contributed by atoms with Crippen molar-refractivity contribution in [2.45, 2.75) is 39.0 Å². The molecule has 1 fully saturated rings. The van der Waals surface area contributed by atoms with E-state index in [1.54, 1.807) is 7.11 Å². The minimum absolute atomic E-state index is 0.0111. The van der Waals surface area contributed by atoms with E-state index in [4.69, 9.17) is 9.47 Å². The largest absolute Gasteiger partial charge is 0.375 e. The summed E-state index contributed by atoms with van der Waals surface area (Å²) in [5.41, 5.74) is 1.85. The number of hydrogen-bond acceptors (Lipinski definition) is 5. The Kier molecular flexibility index (Phi) is 4.50. The van der Waals surface area contributed by atoms with E-state index in [2.05, 4.69) is 10.3 Å². The molecule has 7 heteroatoms. The van der Waals surface area contributed by atoms with Crippen molar-refractivity contribution in [3.8, 4) is 0 Å². The summed E-state index contributed by atoms with van der Waals surface area (Å²) >= 11 is 0. The molecule has 1 amide bonds. The fourth-order valence-electron chi connectivity index (χ4n) is 2.54. The van der Waals surface area contributed by atoms with Gasteiger partial charge in [0.25, 0.3) is 0 Å². The molecule has 1 aliphatic carbocycles. The average molecular weight is 294 g/mol. The highest BCUT2D eigenvalue weighted by molar-refractivity contribution is 5.77. The zero-order chi connectivity index (χ0) is 14.7. The molecule has 1 aromatic rings. The Morgan fingerprint density at radius 3 is 3.00 bits per heavy atom. The van der Waals surface area contributed by atoms with Gasteiger partial charge < -0.3 is 14.4 Å². The highest BCUT2D eigenvalue weighted by Gasteiger charge is 2.24. The third kappa shape index (κ3) is 3.59. The van der Waals surface area contributed by atoms with Crippen molar-refractivity contribution in [3.63, 3.8) is 0 Å². The number of nitrogens with zero attached hydrogens (tertiary/aromatic N) is 4. The molecular formula is C14H22N4O3. The van der Waals surface area contributed by atoms with Gasteiger partial charge in [0.1, 0.15) is 12.3 Å². The molecule has 116 valence electrons. The fourth-order valence-corrected chi connectivity index (χ4v) is 2.54. The molecule has 0 saturated heterocycles. The standard InChI is InChI=1S/C14H22N4O3/c1-20-10-14(19)17-5-2-6-18-13(7-17)12(15-16-18)9-21-8-11-3-4-11/h11H,2-10H2,1H3. The number of hydrogen-bond donors (Lipinski definition) is 0. The van der Waals surface area contributed by atoms with Gasteiger partial charge in [0.2, 0.25) is 5.91 Å². The smallest absolute Gasteiger partial charge is 0.248 e. The number of aromatic nitrogens is 3. The lowest BCUT2D eigenvalue weighted by atomic mass is 10.3. The van der Waals surface area contributed by atoms with Gasteiger partial charge in [-0.2, -0.15) is 0 Å². The van der Waals surface area contributed by atoms with Crippen LogP contribution in [-0.4, -0.2) is 52.7 Å². The molecule has 1 aliphatic heterocycles. The van der Waals surface area contributed by atoms with Crippen molar-refractivity contribution in [2.75, 3.05) is 26.9 Å². The van der Waals surface area contributed by atoms with Crippen LogP contribution >= 0.6 is 0 Å². The predicted molar refractivity (Wildman–Crippen MR) is 74.3 cm³/mol. The summed E-state index contributed by atoms with van der Waals surface area (Å²) in [6.07, 6.45) is 3.44. The Bertz CT molecular complexity index is 498. The first-order valence-corrected chi connectivity index (χ1v) is 7.53. The molecule has 0 N–H and O–H groups in total. The molecule has 0 bridgehead atoms. The summed E-state index contributed by atoms with van der Waals surface area (Å²) in [7, 11) is 1.54. The molecule has 1 aromatic heterocycles. The van der Waals surface area contributed by atoms with Crippen LogP contribution in [0.25, 0.3) is 0 Å². The van der Waals surface area contributed by atoms with E-state index in [1.165, 1.54) is 12.8 Å². The normalized spacial score (nSPS) is 18.4. The molecule has 1 saturated carbocycles.